The van der Waals surface area contributed by atoms with Gasteiger partial charge < -0.3 is 9.64 Å². The van der Waals surface area contributed by atoms with Crippen molar-refractivity contribution in [3.05, 3.63) is 40.2 Å². The van der Waals surface area contributed by atoms with Crippen molar-refractivity contribution in [3.63, 3.8) is 0 Å². The Hall–Kier alpha value is -2.85. The first kappa shape index (κ1) is 19.9. The lowest BCUT2D eigenvalue weighted by molar-refractivity contribution is -0.147. The lowest BCUT2D eigenvalue weighted by Gasteiger charge is -2.31. The van der Waals surface area contributed by atoms with Crippen LogP contribution in [-0.4, -0.2) is 49.8 Å². The van der Waals surface area contributed by atoms with Crippen LogP contribution in [0, 0.1) is 0 Å². The van der Waals surface area contributed by atoms with E-state index in [1.54, 1.807) is 17.0 Å². The molecule has 2 aromatic rings. The summed E-state index contributed by atoms with van der Waals surface area (Å²) in [6.45, 7) is 2.91. The second-order valence-corrected chi connectivity index (χ2v) is 6.45. The molecule has 0 N–H and O–H groups in total. The number of rotatable bonds is 4. The van der Waals surface area contributed by atoms with Gasteiger partial charge in [0.2, 0.25) is 11.7 Å². The Bertz CT molecular complexity index is 896. The van der Waals surface area contributed by atoms with Gasteiger partial charge in [0.15, 0.2) is 0 Å². The lowest BCUT2D eigenvalue weighted by Crippen LogP contribution is -2.41. The Labute approximate surface area is 158 Å². The Morgan fingerprint density at radius 2 is 1.96 bits per heavy atom. The number of ether oxygens (including phenoxy) is 1. The molecule has 0 aliphatic carbocycles. The number of carbonyl (C=O) groups is 1. The van der Waals surface area contributed by atoms with Crippen LogP contribution in [0.2, 0.25) is 0 Å². The lowest BCUT2D eigenvalue weighted by atomic mass is 10.0. The van der Waals surface area contributed by atoms with Crippen molar-refractivity contribution in [2.24, 2.45) is 7.05 Å². The average Bonchev–Trinajstić information content (AvgIpc) is 2.97. The van der Waals surface area contributed by atoms with E-state index >= 15 is 0 Å². The highest BCUT2D eigenvalue weighted by Gasteiger charge is 2.39. The zero-order valence-corrected chi connectivity index (χ0v) is 15.4. The van der Waals surface area contributed by atoms with Crippen LogP contribution in [0.5, 0.6) is 5.88 Å². The van der Waals surface area contributed by atoms with Gasteiger partial charge in [-0.15, -0.1) is 5.10 Å². The fourth-order valence-electron chi connectivity index (χ4n) is 3.18. The minimum Gasteiger partial charge on any atom is -0.478 e. The molecule has 0 saturated carbocycles. The summed E-state index contributed by atoms with van der Waals surface area (Å²) < 4.78 is 45.4. The Morgan fingerprint density at radius 1 is 1.29 bits per heavy atom. The third-order valence-electron chi connectivity index (χ3n) is 4.63. The largest absolute Gasteiger partial charge is 0.478 e. The van der Waals surface area contributed by atoms with Gasteiger partial charge in [-0.1, -0.05) is 0 Å². The Kier molecular flexibility index (Phi) is 5.43. The quantitative estimate of drug-likeness (QED) is 0.784. The van der Waals surface area contributed by atoms with E-state index < -0.39 is 23.7 Å². The Balaban J connectivity index is 1.68. The van der Waals surface area contributed by atoms with Crippen LogP contribution in [0.4, 0.5) is 13.2 Å². The summed E-state index contributed by atoms with van der Waals surface area (Å²) >= 11 is 0. The fourth-order valence-corrected chi connectivity index (χ4v) is 3.18. The first-order valence-corrected chi connectivity index (χ1v) is 8.83. The molecule has 1 amide bonds. The van der Waals surface area contributed by atoms with Crippen LogP contribution in [-0.2, 0) is 13.2 Å². The monoisotopic (exact) mass is 399 g/mol. The van der Waals surface area contributed by atoms with Gasteiger partial charge in [0.05, 0.1) is 18.2 Å². The molecule has 11 heteroatoms. The summed E-state index contributed by atoms with van der Waals surface area (Å²) in [5.41, 5.74) is -0.413. The number of hydrogen-bond donors (Lipinski definition) is 0. The van der Waals surface area contributed by atoms with Gasteiger partial charge in [-0.05, 0) is 25.8 Å². The zero-order chi connectivity index (χ0) is 20.5. The number of piperidine rings is 1. The third-order valence-corrected chi connectivity index (χ3v) is 4.63. The van der Waals surface area contributed by atoms with E-state index in [1.807, 2.05) is 6.92 Å². The molecule has 1 fully saturated rings. The number of amides is 1. The molecule has 1 aliphatic heterocycles. The predicted octanol–water partition coefficient (Wildman–Crippen LogP) is 1.87. The molecule has 0 aromatic carbocycles. The van der Waals surface area contributed by atoms with Crippen molar-refractivity contribution >= 4 is 5.91 Å². The van der Waals surface area contributed by atoms with E-state index in [1.165, 1.54) is 6.20 Å². The predicted molar refractivity (Wildman–Crippen MR) is 92.1 cm³/mol. The first-order chi connectivity index (χ1) is 13.2. The topological polar surface area (TPSA) is 82.2 Å². The van der Waals surface area contributed by atoms with E-state index in [2.05, 4.69) is 10.1 Å². The molecule has 28 heavy (non-hydrogen) atoms. The second-order valence-electron chi connectivity index (χ2n) is 6.45. The van der Waals surface area contributed by atoms with Crippen molar-refractivity contribution in [1.29, 1.82) is 0 Å². The Morgan fingerprint density at radius 3 is 2.46 bits per heavy atom. The molecular weight excluding hydrogens is 379 g/mol. The van der Waals surface area contributed by atoms with E-state index in [0.717, 1.165) is 11.7 Å². The zero-order valence-electron chi connectivity index (χ0n) is 15.4. The minimum absolute atomic E-state index is 0.224. The molecule has 8 nitrogen and oxygen atoms in total. The number of pyridine rings is 1. The molecular formula is C17H20F3N5O3. The van der Waals surface area contributed by atoms with Gasteiger partial charge in [0.25, 0.3) is 5.91 Å². The molecule has 1 aliphatic rings. The van der Waals surface area contributed by atoms with Gasteiger partial charge in [0, 0.05) is 32.4 Å². The van der Waals surface area contributed by atoms with Crippen LogP contribution < -0.4 is 10.4 Å². The maximum atomic E-state index is 12.9. The summed E-state index contributed by atoms with van der Waals surface area (Å²) in [5.74, 6) is -1.03. The molecule has 1 saturated heterocycles. The van der Waals surface area contributed by atoms with E-state index in [0.29, 0.717) is 48.5 Å². The average molecular weight is 399 g/mol. The maximum Gasteiger partial charge on any atom is 0.451 e. The second kappa shape index (κ2) is 7.64. The first-order valence-electron chi connectivity index (χ1n) is 8.83. The normalized spacial score (nSPS) is 15.7. The molecule has 0 unspecified atom stereocenters. The van der Waals surface area contributed by atoms with E-state index in [-0.39, 0.29) is 5.91 Å². The molecule has 3 rings (SSSR count). The highest BCUT2D eigenvalue weighted by molar-refractivity contribution is 5.94. The summed E-state index contributed by atoms with van der Waals surface area (Å²) in [4.78, 5) is 30.3. The number of aromatic nitrogens is 4. The van der Waals surface area contributed by atoms with Crippen molar-refractivity contribution in [1.82, 2.24) is 24.2 Å². The number of carbonyl (C=O) groups excluding carboxylic acids is 1. The smallest absolute Gasteiger partial charge is 0.451 e. The fraction of sp³-hybridized carbons (Fsp3) is 0.529. The van der Waals surface area contributed by atoms with Crippen LogP contribution in [0.3, 0.4) is 0 Å². The standard InChI is InChI=1S/C17H20F3N5O3/c1-3-28-13-5-4-11(10-21-13)14(26)24-8-6-12(7-9-24)25-16(27)23(2)15(22-25)17(18,19)20/h4-5,10,12H,3,6-9H2,1-2H3. The van der Waals surface area contributed by atoms with Crippen LogP contribution in [0.15, 0.2) is 23.1 Å². The van der Waals surface area contributed by atoms with Crippen LogP contribution >= 0.6 is 0 Å². The third kappa shape index (κ3) is 3.87. The van der Waals surface area contributed by atoms with Gasteiger partial charge in [-0.2, -0.15) is 13.2 Å². The molecule has 0 bridgehead atoms. The number of halogens is 3. The van der Waals surface area contributed by atoms with Crippen molar-refractivity contribution in [3.8, 4) is 5.88 Å². The molecule has 0 spiro atoms. The highest BCUT2D eigenvalue weighted by Crippen LogP contribution is 2.28. The molecule has 0 atom stereocenters. The molecule has 2 aromatic heterocycles. The van der Waals surface area contributed by atoms with Gasteiger partial charge in [-0.25, -0.2) is 14.5 Å². The van der Waals surface area contributed by atoms with Crippen LogP contribution in [0.25, 0.3) is 0 Å². The maximum absolute atomic E-state index is 12.9. The molecule has 3 heterocycles. The number of likely N-dealkylation sites (tertiary alicyclic amines) is 1. The van der Waals surface area contributed by atoms with Gasteiger partial charge in [0.1, 0.15) is 0 Å². The SMILES string of the molecule is CCOc1ccc(C(=O)N2CCC(n3nc(C(F)(F)F)n(C)c3=O)CC2)cn1. The number of hydrogen-bond acceptors (Lipinski definition) is 5. The van der Waals surface area contributed by atoms with Gasteiger partial charge in [-0.3, -0.25) is 9.36 Å². The summed E-state index contributed by atoms with van der Waals surface area (Å²) in [5, 5.41) is 3.47. The van der Waals surface area contributed by atoms with Gasteiger partial charge >= 0.3 is 11.9 Å². The molecule has 152 valence electrons. The van der Waals surface area contributed by atoms with E-state index in [4.69, 9.17) is 4.74 Å². The summed E-state index contributed by atoms with van der Waals surface area (Å²) in [6, 6.07) is 2.73. The highest BCUT2D eigenvalue weighted by atomic mass is 19.4. The minimum atomic E-state index is -4.70. The number of nitrogens with zero attached hydrogens (tertiary/aromatic N) is 5. The van der Waals surface area contributed by atoms with Crippen molar-refractivity contribution < 1.29 is 22.7 Å². The van der Waals surface area contributed by atoms with Crippen LogP contribution in [0.1, 0.15) is 42.0 Å². The number of alkyl halides is 3. The molecule has 0 radical (unpaired) electrons. The van der Waals surface area contributed by atoms with Crippen molar-refractivity contribution in [2.75, 3.05) is 19.7 Å². The summed E-state index contributed by atoms with van der Waals surface area (Å²) in [7, 11) is 1.05. The summed E-state index contributed by atoms with van der Waals surface area (Å²) in [6.07, 6.45) is -2.59. The van der Waals surface area contributed by atoms with E-state index in [9.17, 15) is 22.8 Å². The van der Waals surface area contributed by atoms with Crippen molar-refractivity contribution in [2.45, 2.75) is 32.0 Å².